The van der Waals surface area contributed by atoms with Crippen LogP contribution in [0.5, 0.6) is 0 Å². The lowest BCUT2D eigenvalue weighted by Gasteiger charge is -2.32. The summed E-state index contributed by atoms with van der Waals surface area (Å²) in [5, 5.41) is 11.0. The number of piperidine rings is 1. The van der Waals surface area contributed by atoms with Gasteiger partial charge < -0.3 is 15.6 Å². The van der Waals surface area contributed by atoms with Gasteiger partial charge in [0, 0.05) is 52.2 Å². The van der Waals surface area contributed by atoms with Crippen LogP contribution in [-0.4, -0.2) is 44.8 Å². The Kier molecular flexibility index (Phi) is 7.01. The van der Waals surface area contributed by atoms with Gasteiger partial charge in [-0.15, -0.1) is 0 Å². The maximum absolute atomic E-state index is 12.6. The number of likely N-dealkylation sites (tertiary alicyclic amines) is 1. The number of non-ortho nitro benzene ring substituents is 1. The molecule has 1 aliphatic rings. The minimum atomic E-state index is -0.469. The van der Waals surface area contributed by atoms with Gasteiger partial charge in [0.15, 0.2) is 5.78 Å². The van der Waals surface area contributed by atoms with Crippen molar-refractivity contribution in [2.24, 2.45) is 0 Å². The Morgan fingerprint density at radius 3 is 2.48 bits per heavy atom. The third kappa shape index (κ3) is 5.04. The Bertz CT molecular complexity index is 1250. The highest BCUT2D eigenvalue weighted by molar-refractivity contribution is 9.11. The van der Waals surface area contributed by atoms with E-state index in [4.69, 9.17) is 5.73 Å². The number of carbonyl (C=O) groups excluding carboxylic acids is 1. The number of aromatic nitrogens is 2. The van der Waals surface area contributed by atoms with Crippen LogP contribution in [0.25, 0.3) is 11.0 Å². The number of halogens is 2. The number of hydrogen-bond donors (Lipinski definition) is 2. The predicted molar refractivity (Wildman–Crippen MR) is 134 cm³/mol. The van der Waals surface area contributed by atoms with Crippen LogP contribution >= 0.6 is 31.9 Å². The Morgan fingerprint density at radius 1 is 1.18 bits per heavy atom. The first kappa shape index (κ1) is 23.7. The van der Waals surface area contributed by atoms with Gasteiger partial charge in [0.25, 0.3) is 5.69 Å². The summed E-state index contributed by atoms with van der Waals surface area (Å²) in [6.45, 7) is 2.46. The summed E-state index contributed by atoms with van der Waals surface area (Å²) in [7, 11) is 0. The van der Waals surface area contributed by atoms with E-state index < -0.39 is 4.92 Å². The first-order valence-electron chi connectivity index (χ1n) is 10.6. The first-order valence-corrected chi connectivity index (χ1v) is 12.2. The molecule has 0 amide bonds. The summed E-state index contributed by atoms with van der Waals surface area (Å²) < 4.78 is 3.12. The Morgan fingerprint density at radius 2 is 1.85 bits per heavy atom. The number of ketones is 1. The minimum absolute atomic E-state index is 0.0371. The second-order valence-electron chi connectivity index (χ2n) is 8.21. The number of H-pyrrole nitrogens is 1. The van der Waals surface area contributed by atoms with E-state index in [0.717, 1.165) is 38.9 Å². The van der Waals surface area contributed by atoms with E-state index in [-0.39, 0.29) is 23.2 Å². The van der Waals surface area contributed by atoms with Crippen LogP contribution in [0.15, 0.2) is 44.1 Å². The van der Waals surface area contributed by atoms with Gasteiger partial charge in [0.05, 0.1) is 21.6 Å². The number of rotatable bonds is 7. The maximum atomic E-state index is 12.6. The Balaban J connectivity index is 1.32. The number of nitrogens with one attached hydrogen (secondary N) is 1. The lowest BCUT2D eigenvalue weighted by Crippen LogP contribution is -2.37. The zero-order chi connectivity index (χ0) is 23.7. The topological polar surface area (TPSA) is 127 Å². The van der Waals surface area contributed by atoms with Crippen LogP contribution in [0.4, 0.5) is 11.4 Å². The molecule has 2 heterocycles. The molecule has 1 aliphatic heterocycles. The fourth-order valence-corrected chi connectivity index (χ4v) is 5.54. The van der Waals surface area contributed by atoms with E-state index in [9.17, 15) is 19.7 Å². The molecule has 1 fully saturated rings. The second-order valence-corrected chi connectivity index (χ2v) is 9.92. The molecule has 3 N–H and O–H groups in total. The zero-order valence-electron chi connectivity index (χ0n) is 17.7. The fourth-order valence-electron chi connectivity index (χ4n) is 4.35. The van der Waals surface area contributed by atoms with Crippen molar-refractivity contribution < 1.29 is 9.72 Å². The van der Waals surface area contributed by atoms with Crippen molar-refractivity contribution in [3.8, 4) is 0 Å². The standard InChI is InChI=1S/C22H23Br2N5O4/c23-16-10-13(11-17(24)21(16)25)20(30)2-1-7-27-8-5-14(6-9-27)28-19-4-3-15(29(32)33)12-18(19)26-22(28)31/h3-4,10-12,14H,1-2,5-9,25H2,(H,26,31). The van der Waals surface area contributed by atoms with Crippen LogP contribution < -0.4 is 11.4 Å². The van der Waals surface area contributed by atoms with Gasteiger partial charge in [-0.3, -0.25) is 19.5 Å². The molecular formula is C22H23Br2N5O4. The molecule has 3 aromatic rings. The Hall–Kier alpha value is -2.50. The van der Waals surface area contributed by atoms with Crippen molar-refractivity contribution in [2.75, 3.05) is 25.4 Å². The summed E-state index contributed by atoms with van der Waals surface area (Å²) >= 11 is 6.75. The van der Waals surface area contributed by atoms with Crippen molar-refractivity contribution in [3.63, 3.8) is 0 Å². The van der Waals surface area contributed by atoms with E-state index >= 15 is 0 Å². The number of nitrogens with zero attached hydrogens (tertiary/aromatic N) is 3. The largest absolute Gasteiger partial charge is 0.397 e. The van der Waals surface area contributed by atoms with Gasteiger partial charge in [0.1, 0.15) is 0 Å². The zero-order valence-corrected chi connectivity index (χ0v) is 20.9. The number of nitrogens with two attached hydrogens (primary N) is 1. The summed E-state index contributed by atoms with van der Waals surface area (Å²) in [5.74, 6) is 0.0747. The van der Waals surface area contributed by atoms with Crippen molar-refractivity contribution in [2.45, 2.75) is 31.7 Å². The number of carbonyl (C=O) groups is 1. The lowest BCUT2D eigenvalue weighted by atomic mass is 10.0. The summed E-state index contributed by atoms with van der Waals surface area (Å²) in [5.41, 5.74) is 7.98. The molecule has 0 atom stereocenters. The third-order valence-corrected chi connectivity index (χ3v) is 7.42. The van der Waals surface area contributed by atoms with Crippen molar-refractivity contribution in [1.29, 1.82) is 0 Å². The van der Waals surface area contributed by atoms with Crippen LogP contribution in [0.1, 0.15) is 42.1 Å². The molecule has 1 aromatic heterocycles. The number of aromatic amines is 1. The average molecular weight is 581 g/mol. The van der Waals surface area contributed by atoms with Crippen LogP contribution in [0.3, 0.4) is 0 Å². The number of imidazole rings is 1. The van der Waals surface area contributed by atoms with Crippen LogP contribution in [0.2, 0.25) is 0 Å². The number of nitrogen functional groups attached to an aromatic ring is 1. The van der Waals surface area contributed by atoms with E-state index in [1.54, 1.807) is 22.8 Å². The summed E-state index contributed by atoms with van der Waals surface area (Å²) in [6.07, 6.45) is 2.80. The van der Waals surface area contributed by atoms with Gasteiger partial charge in [-0.05, 0) is 75.9 Å². The van der Waals surface area contributed by atoms with Gasteiger partial charge in [0.2, 0.25) is 0 Å². The fraction of sp³-hybridized carbons (Fsp3) is 0.364. The molecule has 11 heteroatoms. The molecule has 0 bridgehead atoms. The molecular weight excluding hydrogens is 558 g/mol. The average Bonchev–Trinajstić information content (AvgIpc) is 3.12. The van der Waals surface area contributed by atoms with E-state index in [1.807, 2.05) is 0 Å². The summed E-state index contributed by atoms with van der Waals surface area (Å²) in [4.78, 5) is 40.7. The highest BCUT2D eigenvalue weighted by Crippen LogP contribution is 2.30. The molecule has 0 aliphatic carbocycles. The number of fused-ring (bicyclic) bond motifs is 1. The molecule has 33 heavy (non-hydrogen) atoms. The highest BCUT2D eigenvalue weighted by Gasteiger charge is 2.24. The number of nitro benzene ring substituents is 1. The van der Waals surface area contributed by atoms with Crippen LogP contribution in [-0.2, 0) is 0 Å². The monoisotopic (exact) mass is 579 g/mol. The third-order valence-electron chi connectivity index (χ3n) is 6.11. The molecule has 0 saturated carbocycles. The predicted octanol–water partition coefficient (Wildman–Crippen LogP) is 4.65. The molecule has 2 aromatic carbocycles. The molecule has 0 spiro atoms. The maximum Gasteiger partial charge on any atom is 0.326 e. The smallest absolute Gasteiger partial charge is 0.326 e. The SMILES string of the molecule is Nc1c(Br)cc(C(=O)CCCN2CCC(n3c(=O)[nH]c4cc([N+](=O)[O-])ccc43)CC2)cc1Br. The number of benzene rings is 2. The van der Waals surface area contributed by atoms with Crippen molar-refractivity contribution in [3.05, 3.63) is 65.4 Å². The van der Waals surface area contributed by atoms with E-state index in [0.29, 0.717) is 37.7 Å². The number of hydrogen-bond acceptors (Lipinski definition) is 6. The Labute approximate surface area is 206 Å². The van der Waals surface area contributed by atoms with Crippen molar-refractivity contribution in [1.82, 2.24) is 14.5 Å². The molecule has 0 radical (unpaired) electrons. The van der Waals surface area contributed by atoms with E-state index in [1.165, 1.54) is 12.1 Å². The van der Waals surface area contributed by atoms with Crippen molar-refractivity contribution >= 4 is 60.1 Å². The molecule has 9 nitrogen and oxygen atoms in total. The number of anilines is 1. The summed E-state index contributed by atoms with van der Waals surface area (Å²) in [6, 6.07) is 8.00. The number of nitro groups is 1. The van der Waals surface area contributed by atoms with Crippen LogP contribution in [0, 0.1) is 10.1 Å². The number of Topliss-reactive ketones (excluding diaryl/α,β-unsaturated/α-hetero) is 1. The van der Waals surface area contributed by atoms with Gasteiger partial charge in [-0.2, -0.15) is 0 Å². The van der Waals surface area contributed by atoms with Gasteiger partial charge in [-0.25, -0.2) is 4.79 Å². The molecule has 174 valence electrons. The lowest BCUT2D eigenvalue weighted by molar-refractivity contribution is -0.384. The van der Waals surface area contributed by atoms with E-state index in [2.05, 4.69) is 41.7 Å². The van der Waals surface area contributed by atoms with Gasteiger partial charge >= 0.3 is 5.69 Å². The molecule has 4 rings (SSSR count). The second kappa shape index (κ2) is 9.78. The normalized spacial score (nSPS) is 15.2. The highest BCUT2D eigenvalue weighted by atomic mass is 79.9. The van der Waals surface area contributed by atoms with Gasteiger partial charge in [-0.1, -0.05) is 0 Å². The molecule has 1 saturated heterocycles. The first-order chi connectivity index (χ1) is 15.7. The minimum Gasteiger partial charge on any atom is -0.397 e. The molecule has 0 unspecified atom stereocenters. The quantitative estimate of drug-likeness (QED) is 0.181.